The van der Waals surface area contributed by atoms with E-state index in [0.29, 0.717) is 24.5 Å². The van der Waals surface area contributed by atoms with Crippen molar-refractivity contribution in [3.8, 4) is 5.75 Å². The first-order chi connectivity index (χ1) is 6.79. The minimum Gasteiger partial charge on any atom is -0.493 e. The number of ketones is 1. The molecule has 0 aliphatic rings. The molecule has 3 nitrogen and oxygen atoms in total. The molecule has 1 rings (SSSR count). The van der Waals surface area contributed by atoms with Crippen LogP contribution in [0.3, 0.4) is 0 Å². The second-order valence-corrected chi connectivity index (χ2v) is 2.88. The fourth-order valence-electron chi connectivity index (χ4n) is 1.23. The summed E-state index contributed by atoms with van der Waals surface area (Å²) in [4.78, 5) is 11.6. The van der Waals surface area contributed by atoms with Gasteiger partial charge in [-0.05, 0) is 26.1 Å². The number of carbonyl (C=O) groups is 1. The van der Waals surface area contributed by atoms with E-state index in [0.717, 1.165) is 0 Å². The first-order valence-corrected chi connectivity index (χ1v) is 4.69. The molecule has 0 saturated heterocycles. The van der Waals surface area contributed by atoms with Crippen LogP contribution in [0.1, 0.15) is 17.3 Å². The molecule has 0 aliphatic heterocycles. The lowest BCUT2D eigenvalue weighted by atomic mass is 10.1. The quantitative estimate of drug-likeness (QED) is 0.720. The van der Waals surface area contributed by atoms with Gasteiger partial charge in [-0.25, -0.2) is 0 Å². The Labute approximate surface area is 84.1 Å². The summed E-state index contributed by atoms with van der Waals surface area (Å²) in [6.07, 6.45) is 0. The van der Waals surface area contributed by atoms with E-state index in [-0.39, 0.29) is 5.78 Å². The van der Waals surface area contributed by atoms with Gasteiger partial charge in [-0.1, -0.05) is 12.1 Å². The molecule has 76 valence electrons. The van der Waals surface area contributed by atoms with Gasteiger partial charge in [0, 0.05) is 0 Å². The molecule has 0 bridgehead atoms. The summed E-state index contributed by atoms with van der Waals surface area (Å²) in [5.74, 6) is 0.715. The number of hydrogen-bond acceptors (Lipinski definition) is 3. The van der Waals surface area contributed by atoms with Crippen LogP contribution < -0.4 is 10.1 Å². The smallest absolute Gasteiger partial charge is 0.180 e. The first kappa shape index (κ1) is 10.7. The van der Waals surface area contributed by atoms with Gasteiger partial charge in [0.2, 0.25) is 0 Å². The molecule has 0 aromatic heterocycles. The molecule has 0 fully saturated rings. The minimum atomic E-state index is 0.0524. The number of carbonyl (C=O) groups excluding carboxylic acids is 1. The fourth-order valence-corrected chi connectivity index (χ4v) is 1.23. The highest BCUT2D eigenvalue weighted by atomic mass is 16.5. The number of nitrogens with one attached hydrogen (secondary N) is 1. The van der Waals surface area contributed by atoms with E-state index in [4.69, 9.17) is 4.74 Å². The van der Waals surface area contributed by atoms with E-state index in [1.54, 1.807) is 13.1 Å². The molecular weight excluding hydrogens is 178 g/mol. The van der Waals surface area contributed by atoms with Gasteiger partial charge in [0.05, 0.1) is 18.7 Å². The van der Waals surface area contributed by atoms with Gasteiger partial charge < -0.3 is 10.1 Å². The molecule has 1 aromatic carbocycles. The highest BCUT2D eigenvalue weighted by Gasteiger charge is 2.09. The highest BCUT2D eigenvalue weighted by molar-refractivity contribution is 6.00. The number of ether oxygens (including phenoxy) is 1. The maximum Gasteiger partial charge on any atom is 0.180 e. The number of Topliss-reactive ketones (excluding diaryl/α,β-unsaturated/α-hetero) is 1. The number of likely N-dealkylation sites (N-methyl/N-ethyl adjacent to an activating group) is 1. The molecule has 0 saturated carbocycles. The third-order valence-electron chi connectivity index (χ3n) is 1.82. The predicted octanol–water partition coefficient (Wildman–Crippen LogP) is 1.49. The van der Waals surface area contributed by atoms with Crippen LogP contribution in [-0.2, 0) is 0 Å². The van der Waals surface area contributed by atoms with Crippen molar-refractivity contribution in [2.45, 2.75) is 6.92 Å². The van der Waals surface area contributed by atoms with E-state index in [2.05, 4.69) is 5.32 Å². The zero-order chi connectivity index (χ0) is 10.4. The van der Waals surface area contributed by atoms with Crippen LogP contribution in [-0.4, -0.2) is 26.0 Å². The molecular formula is C11H15NO2. The van der Waals surface area contributed by atoms with Crippen LogP contribution in [0.2, 0.25) is 0 Å². The zero-order valence-electron chi connectivity index (χ0n) is 8.54. The molecule has 0 spiro atoms. The topological polar surface area (TPSA) is 38.3 Å². The van der Waals surface area contributed by atoms with Gasteiger partial charge in [-0.3, -0.25) is 4.79 Å². The molecule has 0 unspecified atom stereocenters. The van der Waals surface area contributed by atoms with Crippen LogP contribution in [0.5, 0.6) is 5.75 Å². The van der Waals surface area contributed by atoms with Crippen molar-refractivity contribution in [2.24, 2.45) is 0 Å². The molecule has 0 radical (unpaired) electrons. The zero-order valence-corrected chi connectivity index (χ0v) is 8.54. The minimum absolute atomic E-state index is 0.0524. The fraction of sp³-hybridized carbons (Fsp3) is 0.364. The largest absolute Gasteiger partial charge is 0.493 e. The Morgan fingerprint density at radius 2 is 2.14 bits per heavy atom. The lowest BCUT2D eigenvalue weighted by molar-refractivity contribution is 0.0990. The molecule has 0 amide bonds. The van der Waals surface area contributed by atoms with Crippen LogP contribution in [0, 0.1) is 0 Å². The van der Waals surface area contributed by atoms with Gasteiger partial charge in [0.25, 0.3) is 0 Å². The van der Waals surface area contributed by atoms with E-state index in [1.807, 2.05) is 25.1 Å². The summed E-state index contributed by atoms with van der Waals surface area (Å²) in [6, 6.07) is 7.30. The Kier molecular flexibility index (Phi) is 4.13. The first-order valence-electron chi connectivity index (χ1n) is 4.69. The highest BCUT2D eigenvalue weighted by Crippen LogP contribution is 2.17. The maximum atomic E-state index is 11.6. The van der Waals surface area contributed by atoms with E-state index in [1.165, 1.54) is 0 Å². The molecule has 3 heteroatoms. The Balaban J connectivity index is 2.88. The number of hydrogen-bond donors (Lipinski definition) is 1. The summed E-state index contributed by atoms with van der Waals surface area (Å²) in [7, 11) is 1.75. The average molecular weight is 193 g/mol. The van der Waals surface area contributed by atoms with Gasteiger partial charge in [-0.15, -0.1) is 0 Å². The molecule has 1 N–H and O–H groups in total. The number of benzene rings is 1. The van der Waals surface area contributed by atoms with Gasteiger partial charge in [0.1, 0.15) is 5.75 Å². The normalized spacial score (nSPS) is 9.86. The SMILES string of the molecule is CCOc1ccccc1C(=O)CNC. The summed E-state index contributed by atoms with van der Waals surface area (Å²) in [5.41, 5.74) is 0.642. The second kappa shape index (κ2) is 5.40. The Hall–Kier alpha value is -1.35. The van der Waals surface area contributed by atoms with Crippen molar-refractivity contribution in [1.82, 2.24) is 5.32 Å². The van der Waals surface area contributed by atoms with Crippen LogP contribution in [0.4, 0.5) is 0 Å². The van der Waals surface area contributed by atoms with Crippen molar-refractivity contribution in [3.05, 3.63) is 29.8 Å². The Morgan fingerprint density at radius 1 is 1.43 bits per heavy atom. The van der Waals surface area contributed by atoms with E-state index < -0.39 is 0 Å². The van der Waals surface area contributed by atoms with Crippen molar-refractivity contribution >= 4 is 5.78 Å². The molecule has 0 atom stereocenters. The lowest BCUT2D eigenvalue weighted by Gasteiger charge is -2.08. The molecule has 1 aromatic rings. The predicted molar refractivity (Wildman–Crippen MR) is 55.9 cm³/mol. The molecule has 0 heterocycles. The van der Waals surface area contributed by atoms with Crippen molar-refractivity contribution < 1.29 is 9.53 Å². The Morgan fingerprint density at radius 3 is 2.79 bits per heavy atom. The standard InChI is InChI=1S/C11H15NO2/c1-3-14-11-7-5-4-6-9(11)10(13)8-12-2/h4-7,12H,3,8H2,1-2H3. The van der Waals surface area contributed by atoms with E-state index >= 15 is 0 Å². The summed E-state index contributed by atoms with van der Waals surface area (Å²) < 4.78 is 5.36. The summed E-state index contributed by atoms with van der Waals surface area (Å²) in [6.45, 7) is 2.81. The van der Waals surface area contributed by atoms with Gasteiger partial charge in [-0.2, -0.15) is 0 Å². The molecule has 0 aliphatic carbocycles. The molecule has 14 heavy (non-hydrogen) atoms. The van der Waals surface area contributed by atoms with Crippen LogP contribution in [0.25, 0.3) is 0 Å². The van der Waals surface area contributed by atoms with Crippen molar-refractivity contribution in [1.29, 1.82) is 0 Å². The Bertz CT molecular complexity index is 310. The average Bonchev–Trinajstić information content (AvgIpc) is 2.19. The third kappa shape index (κ3) is 2.57. The van der Waals surface area contributed by atoms with Crippen LogP contribution >= 0.6 is 0 Å². The number of para-hydroxylation sites is 1. The monoisotopic (exact) mass is 193 g/mol. The lowest BCUT2D eigenvalue weighted by Crippen LogP contribution is -2.19. The van der Waals surface area contributed by atoms with Gasteiger partial charge in [0.15, 0.2) is 5.78 Å². The van der Waals surface area contributed by atoms with Crippen molar-refractivity contribution in [3.63, 3.8) is 0 Å². The second-order valence-electron chi connectivity index (χ2n) is 2.88. The van der Waals surface area contributed by atoms with E-state index in [9.17, 15) is 4.79 Å². The van der Waals surface area contributed by atoms with Crippen molar-refractivity contribution in [2.75, 3.05) is 20.2 Å². The number of rotatable bonds is 5. The summed E-state index contributed by atoms with van der Waals surface area (Å²) >= 11 is 0. The maximum absolute atomic E-state index is 11.6. The third-order valence-corrected chi connectivity index (χ3v) is 1.82. The summed E-state index contributed by atoms with van der Waals surface area (Å²) in [5, 5.41) is 2.83. The van der Waals surface area contributed by atoms with Gasteiger partial charge >= 0.3 is 0 Å². The van der Waals surface area contributed by atoms with Crippen LogP contribution in [0.15, 0.2) is 24.3 Å².